The highest BCUT2D eigenvalue weighted by molar-refractivity contribution is 5.23. The third kappa shape index (κ3) is 9.28. The van der Waals surface area contributed by atoms with Crippen LogP contribution in [0.5, 0.6) is 0 Å². The van der Waals surface area contributed by atoms with E-state index in [4.69, 9.17) is 0 Å². The van der Waals surface area contributed by atoms with E-state index in [2.05, 4.69) is 84.3 Å². The Kier molecular flexibility index (Phi) is 10.4. The average molecular weight is 316 g/mol. The van der Waals surface area contributed by atoms with Crippen LogP contribution in [0.25, 0.3) is 0 Å². The molecule has 0 atom stereocenters. The van der Waals surface area contributed by atoms with Gasteiger partial charge in [0.25, 0.3) is 0 Å². The Morgan fingerprint density at radius 2 is 1.61 bits per heavy atom. The van der Waals surface area contributed by atoms with Gasteiger partial charge in [0.15, 0.2) is 0 Å². The maximum Gasteiger partial charge on any atom is 0.0397 e. The zero-order valence-electron chi connectivity index (χ0n) is 16.2. The summed E-state index contributed by atoms with van der Waals surface area (Å²) < 4.78 is 0. The van der Waals surface area contributed by atoms with Crippen molar-refractivity contribution >= 4 is 0 Å². The van der Waals surface area contributed by atoms with Gasteiger partial charge in [-0.3, -0.25) is 0 Å². The van der Waals surface area contributed by atoms with Crippen LogP contribution in [0.15, 0.2) is 49.2 Å². The van der Waals surface area contributed by atoms with Crippen molar-refractivity contribution in [3.05, 3.63) is 60.3 Å². The van der Waals surface area contributed by atoms with E-state index >= 15 is 0 Å². The second-order valence-corrected chi connectivity index (χ2v) is 7.12. The molecular weight excluding hydrogens is 278 g/mol. The number of hydrogen-bond donors (Lipinski definition) is 1. The smallest absolute Gasteiger partial charge is 0.0397 e. The SMILES string of the molecule is C=C(NCc1ccc(CCC)cc1)C(C)(C)CC.C=CC(C)C. The predicted molar refractivity (Wildman–Crippen MR) is 106 cm³/mol. The minimum Gasteiger partial charge on any atom is -0.384 e. The fourth-order valence-electron chi connectivity index (χ4n) is 1.77. The minimum absolute atomic E-state index is 0.169. The van der Waals surface area contributed by atoms with E-state index in [0.29, 0.717) is 5.92 Å². The van der Waals surface area contributed by atoms with E-state index in [1.54, 1.807) is 0 Å². The lowest BCUT2D eigenvalue weighted by atomic mass is 9.87. The lowest BCUT2D eigenvalue weighted by Crippen LogP contribution is -2.25. The van der Waals surface area contributed by atoms with Gasteiger partial charge in [0, 0.05) is 17.7 Å². The molecule has 0 bridgehead atoms. The molecular formula is C22H37N. The van der Waals surface area contributed by atoms with Crippen LogP contribution in [0, 0.1) is 11.3 Å². The van der Waals surface area contributed by atoms with E-state index in [-0.39, 0.29) is 5.41 Å². The van der Waals surface area contributed by atoms with Crippen LogP contribution in [0.3, 0.4) is 0 Å². The van der Waals surface area contributed by atoms with Gasteiger partial charge >= 0.3 is 0 Å². The number of rotatable bonds is 8. The van der Waals surface area contributed by atoms with Gasteiger partial charge in [-0.15, -0.1) is 6.58 Å². The highest BCUT2D eigenvalue weighted by Gasteiger charge is 2.18. The van der Waals surface area contributed by atoms with Gasteiger partial charge in [-0.05, 0) is 29.9 Å². The molecule has 1 heteroatoms. The van der Waals surface area contributed by atoms with Gasteiger partial charge in [0.1, 0.15) is 0 Å². The van der Waals surface area contributed by atoms with Crippen molar-refractivity contribution in [2.24, 2.45) is 11.3 Å². The molecule has 23 heavy (non-hydrogen) atoms. The van der Waals surface area contributed by atoms with Crippen molar-refractivity contribution in [1.82, 2.24) is 5.32 Å². The fraction of sp³-hybridized carbons (Fsp3) is 0.545. The molecule has 0 radical (unpaired) electrons. The van der Waals surface area contributed by atoms with Crippen molar-refractivity contribution in [1.29, 1.82) is 0 Å². The normalized spacial score (nSPS) is 10.7. The Balaban J connectivity index is 0.000000841. The van der Waals surface area contributed by atoms with Crippen LogP contribution in [0.1, 0.15) is 65.5 Å². The summed E-state index contributed by atoms with van der Waals surface area (Å²) in [4.78, 5) is 0. The zero-order chi connectivity index (χ0) is 17.9. The van der Waals surface area contributed by atoms with Crippen molar-refractivity contribution in [3.8, 4) is 0 Å². The largest absolute Gasteiger partial charge is 0.384 e. The van der Waals surface area contributed by atoms with E-state index in [1.165, 1.54) is 24.0 Å². The molecule has 130 valence electrons. The monoisotopic (exact) mass is 315 g/mol. The van der Waals surface area contributed by atoms with Gasteiger partial charge in [-0.1, -0.05) is 84.9 Å². The molecule has 1 N–H and O–H groups in total. The molecule has 0 heterocycles. The number of nitrogens with one attached hydrogen (secondary N) is 1. The Morgan fingerprint density at radius 3 is 2.00 bits per heavy atom. The van der Waals surface area contributed by atoms with Gasteiger partial charge in [-0.25, -0.2) is 0 Å². The fourth-order valence-corrected chi connectivity index (χ4v) is 1.77. The summed E-state index contributed by atoms with van der Waals surface area (Å²) in [5.74, 6) is 0.648. The van der Waals surface area contributed by atoms with Crippen molar-refractivity contribution < 1.29 is 0 Å². The Labute approximate surface area is 144 Å². The molecule has 0 aliphatic carbocycles. The first-order valence-electron chi connectivity index (χ1n) is 8.90. The summed E-state index contributed by atoms with van der Waals surface area (Å²) in [6, 6.07) is 8.89. The second kappa shape index (κ2) is 11.1. The third-order valence-corrected chi connectivity index (χ3v) is 4.24. The number of aryl methyl sites for hydroxylation is 1. The molecule has 0 aromatic heterocycles. The van der Waals surface area contributed by atoms with E-state index < -0.39 is 0 Å². The molecule has 0 saturated heterocycles. The molecule has 0 aliphatic heterocycles. The molecule has 0 aliphatic rings. The van der Waals surface area contributed by atoms with E-state index in [0.717, 1.165) is 18.7 Å². The Morgan fingerprint density at radius 1 is 1.13 bits per heavy atom. The van der Waals surface area contributed by atoms with Crippen LogP contribution >= 0.6 is 0 Å². The predicted octanol–water partition coefficient (Wildman–Crippen LogP) is 6.51. The standard InChI is InChI=1S/C17H27N.C5H10/c1-6-8-15-9-11-16(12-10-15)13-18-14(3)17(4,5)7-2;1-4-5(2)3/h9-12,18H,3,6-8,13H2,1-2,4-5H3;4-5H,1H2,2-3H3. The molecule has 1 aromatic carbocycles. The van der Waals surface area contributed by atoms with Crippen LogP contribution < -0.4 is 5.32 Å². The summed E-state index contributed by atoms with van der Waals surface area (Å²) in [5, 5.41) is 3.45. The molecule has 0 saturated carbocycles. The van der Waals surface area contributed by atoms with Crippen molar-refractivity contribution in [2.75, 3.05) is 0 Å². The average Bonchev–Trinajstić information content (AvgIpc) is 2.54. The van der Waals surface area contributed by atoms with Crippen LogP contribution in [0.2, 0.25) is 0 Å². The summed E-state index contributed by atoms with van der Waals surface area (Å²) >= 11 is 0. The summed E-state index contributed by atoms with van der Waals surface area (Å²) in [5.41, 5.74) is 4.04. The van der Waals surface area contributed by atoms with E-state index in [1.807, 2.05) is 6.08 Å². The van der Waals surface area contributed by atoms with Gasteiger partial charge in [0.05, 0.1) is 0 Å². The first-order chi connectivity index (χ1) is 10.8. The highest BCUT2D eigenvalue weighted by Crippen LogP contribution is 2.26. The number of hydrogen-bond acceptors (Lipinski definition) is 1. The zero-order valence-corrected chi connectivity index (χ0v) is 16.2. The molecule has 1 aromatic rings. The molecule has 0 fully saturated rings. The second-order valence-electron chi connectivity index (χ2n) is 7.12. The van der Waals surface area contributed by atoms with E-state index in [9.17, 15) is 0 Å². The third-order valence-electron chi connectivity index (χ3n) is 4.24. The molecule has 1 rings (SSSR count). The first kappa shape index (κ1) is 21.5. The molecule has 0 unspecified atom stereocenters. The molecule has 0 amide bonds. The topological polar surface area (TPSA) is 12.0 Å². The Hall–Kier alpha value is -1.50. The van der Waals surface area contributed by atoms with Crippen molar-refractivity contribution in [2.45, 2.75) is 67.3 Å². The number of benzene rings is 1. The summed E-state index contributed by atoms with van der Waals surface area (Å²) in [6.45, 7) is 21.7. The first-order valence-corrected chi connectivity index (χ1v) is 8.90. The maximum absolute atomic E-state index is 4.15. The lowest BCUT2D eigenvalue weighted by molar-refractivity contribution is 0.399. The molecule has 0 spiro atoms. The summed E-state index contributed by atoms with van der Waals surface area (Å²) in [7, 11) is 0. The van der Waals surface area contributed by atoms with Gasteiger partial charge in [0.2, 0.25) is 0 Å². The van der Waals surface area contributed by atoms with Crippen LogP contribution in [-0.4, -0.2) is 0 Å². The maximum atomic E-state index is 4.15. The highest BCUT2D eigenvalue weighted by atomic mass is 14.9. The van der Waals surface area contributed by atoms with Gasteiger partial charge < -0.3 is 5.32 Å². The van der Waals surface area contributed by atoms with Gasteiger partial charge in [-0.2, -0.15) is 0 Å². The number of allylic oxidation sites excluding steroid dienone is 2. The van der Waals surface area contributed by atoms with Crippen LogP contribution in [0.4, 0.5) is 0 Å². The van der Waals surface area contributed by atoms with Crippen molar-refractivity contribution in [3.63, 3.8) is 0 Å². The lowest BCUT2D eigenvalue weighted by Gasteiger charge is -2.26. The van der Waals surface area contributed by atoms with Crippen LogP contribution in [-0.2, 0) is 13.0 Å². The Bertz CT molecular complexity index is 451. The molecule has 1 nitrogen and oxygen atoms in total. The quantitative estimate of drug-likeness (QED) is 0.539. The summed E-state index contributed by atoms with van der Waals surface area (Å²) in [6.07, 6.45) is 5.40. The minimum atomic E-state index is 0.169.